The summed E-state index contributed by atoms with van der Waals surface area (Å²) in [7, 11) is 0. The third-order valence-electron chi connectivity index (χ3n) is 1.31. The van der Waals surface area contributed by atoms with Gasteiger partial charge in [0.25, 0.3) is 0 Å². The molecule has 0 unspecified atom stereocenters. The fourth-order valence-corrected chi connectivity index (χ4v) is 0.774. The van der Waals surface area contributed by atoms with Gasteiger partial charge in [0.1, 0.15) is 0 Å². The van der Waals surface area contributed by atoms with Crippen LogP contribution in [0.1, 0.15) is 33.6 Å². The van der Waals surface area contributed by atoms with E-state index in [4.69, 9.17) is 10.5 Å². The lowest BCUT2D eigenvalue weighted by Crippen LogP contribution is -2.31. The highest BCUT2D eigenvalue weighted by atomic mass is 16.5. The largest absolute Gasteiger partial charge is 0.382 e. The summed E-state index contributed by atoms with van der Waals surface area (Å²) in [6.07, 6.45) is 2.10. The van der Waals surface area contributed by atoms with Crippen molar-refractivity contribution in [2.45, 2.75) is 39.2 Å². The first-order chi connectivity index (χ1) is 4.56. The molecule has 0 fully saturated rings. The molecule has 0 aliphatic heterocycles. The molecule has 0 saturated carbocycles. The van der Waals surface area contributed by atoms with Crippen LogP contribution in [0.3, 0.4) is 0 Å². The summed E-state index contributed by atoms with van der Waals surface area (Å²) < 4.78 is 5.17. The molecule has 0 atom stereocenters. The molecule has 0 spiro atoms. The average Bonchev–Trinajstić information content (AvgIpc) is 1.78. The molecule has 0 radical (unpaired) electrons. The first-order valence-electron chi connectivity index (χ1n) is 3.93. The highest BCUT2D eigenvalue weighted by Crippen LogP contribution is 2.06. The number of hydrogen-bond acceptors (Lipinski definition) is 2. The van der Waals surface area contributed by atoms with Crippen molar-refractivity contribution in [2.24, 2.45) is 5.73 Å². The molecule has 0 aliphatic carbocycles. The molecule has 0 bridgehead atoms. The minimum absolute atomic E-state index is 0.0307. The maximum atomic E-state index is 5.76. The zero-order valence-corrected chi connectivity index (χ0v) is 7.31. The molecule has 0 aromatic carbocycles. The van der Waals surface area contributed by atoms with E-state index in [1.54, 1.807) is 0 Å². The lowest BCUT2D eigenvalue weighted by molar-refractivity contribution is 0.139. The van der Waals surface area contributed by atoms with E-state index in [0.29, 0.717) is 0 Å². The van der Waals surface area contributed by atoms with E-state index < -0.39 is 0 Å². The molecule has 0 aliphatic rings. The fraction of sp³-hybridized carbons (Fsp3) is 1.00. The number of nitrogens with two attached hydrogens (primary N) is 1. The van der Waals surface area contributed by atoms with Crippen molar-refractivity contribution in [3.63, 3.8) is 0 Å². The Bertz CT molecular complexity index is 75.8. The van der Waals surface area contributed by atoms with Crippen LogP contribution >= 0.6 is 0 Å². The molecule has 0 rings (SSSR count). The quantitative estimate of drug-likeness (QED) is 0.595. The van der Waals surface area contributed by atoms with Crippen molar-refractivity contribution in [3.05, 3.63) is 0 Å². The number of hydrogen-bond donors (Lipinski definition) is 1. The summed E-state index contributed by atoms with van der Waals surface area (Å²) in [4.78, 5) is 0. The van der Waals surface area contributed by atoms with E-state index in [1.165, 1.54) is 0 Å². The first kappa shape index (κ1) is 9.92. The Morgan fingerprint density at radius 3 is 2.40 bits per heavy atom. The van der Waals surface area contributed by atoms with Gasteiger partial charge in [-0.1, -0.05) is 0 Å². The van der Waals surface area contributed by atoms with Crippen LogP contribution in [-0.2, 0) is 4.74 Å². The van der Waals surface area contributed by atoms with Gasteiger partial charge in [-0.05, 0) is 33.6 Å². The van der Waals surface area contributed by atoms with E-state index in [9.17, 15) is 0 Å². The van der Waals surface area contributed by atoms with Gasteiger partial charge in [-0.2, -0.15) is 0 Å². The van der Waals surface area contributed by atoms with Crippen LogP contribution in [0, 0.1) is 0 Å². The fourth-order valence-electron chi connectivity index (χ4n) is 0.774. The maximum absolute atomic E-state index is 5.76. The van der Waals surface area contributed by atoms with Crippen molar-refractivity contribution in [3.8, 4) is 0 Å². The third-order valence-corrected chi connectivity index (χ3v) is 1.31. The maximum Gasteiger partial charge on any atom is 0.0466 e. The van der Waals surface area contributed by atoms with Gasteiger partial charge >= 0.3 is 0 Å². The molecule has 62 valence electrons. The molecule has 2 heteroatoms. The molecular weight excluding hydrogens is 126 g/mol. The molecule has 0 heterocycles. The van der Waals surface area contributed by atoms with Crippen LogP contribution in [0.5, 0.6) is 0 Å². The Morgan fingerprint density at radius 1 is 1.40 bits per heavy atom. The molecule has 0 aromatic rings. The molecule has 10 heavy (non-hydrogen) atoms. The van der Waals surface area contributed by atoms with E-state index in [2.05, 4.69) is 0 Å². The van der Waals surface area contributed by atoms with Crippen LogP contribution in [0.4, 0.5) is 0 Å². The Hall–Kier alpha value is -0.0800. The third kappa shape index (κ3) is 7.92. The molecule has 0 amide bonds. The summed E-state index contributed by atoms with van der Waals surface area (Å²) in [5, 5.41) is 0. The summed E-state index contributed by atoms with van der Waals surface area (Å²) in [6, 6.07) is 0. The SMILES string of the molecule is CCOCCCC(C)(C)N. The van der Waals surface area contributed by atoms with Crippen molar-refractivity contribution in [2.75, 3.05) is 13.2 Å². The average molecular weight is 145 g/mol. The van der Waals surface area contributed by atoms with Gasteiger partial charge in [-0.3, -0.25) is 0 Å². The lowest BCUT2D eigenvalue weighted by Gasteiger charge is -2.17. The van der Waals surface area contributed by atoms with E-state index in [1.807, 2.05) is 20.8 Å². The van der Waals surface area contributed by atoms with Gasteiger partial charge in [-0.15, -0.1) is 0 Å². The standard InChI is InChI=1S/C8H19NO/c1-4-10-7-5-6-8(2,3)9/h4-7,9H2,1-3H3. The smallest absolute Gasteiger partial charge is 0.0466 e. The van der Waals surface area contributed by atoms with E-state index in [-0.39, 0.29) is 5.54 Å². The Balaban J connectivity index is 3.04. The second kappa shape index (κ2) is 4.69. The van der Waals surface area contributed by atoms with Crippen LogP contribution in [0.15, 0.2) is 0 Å². The van der Waals surface area contributed by atoms with Gasteiger partial charge in [0.15, 0.2) is 0 Å². The Kier molecular flexibility index (Phi) is 4.65. The monoisotopic (exact) mass is 145 g/mol. The summed E-state index contributed by atoms with van der Waals surface area (Å²) >= 11 is 0. The number of ether oxygens (including phenoxy) is 1. The highest BCUT2D eigenvalue weighted by molar-refractivity contribution is 4.70. The van der Waals surface area contributed by atoms with Gasteiger partial charge in [0.05, 0.1) is 0 Å². The van der Waals surface area contributed by atoms with Crippen LogP contribution < -0.4 is 5.73 Å². The van der Waals surface area contributed by atoms with Crippen molar-refractivity contribution < 1.29 is 4.74 Å². The Morgan fingerprint density at radius 2 is 2.00 bits per heavy atom. The molecule has 0 saturated heterocycles. The lowest BCUT2D eigenvalue weighted by atomic mass is 10.0. The zero-order chi connectivity index (χ0) is 8.04. The van der Waals surface area contributed by atoms with E-state index in [0.717, 1.165) is 26.1 Å². The highest BCUT2D eigenvalue weighted by Gasteiger charge is 2.08. The predicted molar refractivity (Wildman–Crippen MR) is 44.0 cm³/mol. The summed E-state index contributed by atoms with van der Waals surface area (Å²) in [5.41, 5.74) is 5.73. The van der Waals surface area contributed by atoms with Gasteiger partial charge in [0.2, 0.25) is 0 Å². The van der Waals surface area contributed by atoms with Crippen LogP contribution in [-0.4, -0.2) is 18.8 Å². The van der Waals surface area contributed by atoms with Gasteiger partial charge in [-0.25, -0.2) is 0 Å². The second-order valence-corrected chi connectivity index (χ2v) is 3.29. The second-order valence-electron chi connectivity index (χ2n) is 3.29. The van der Waals surface area contributed by atoms with E-state index >= 15 is 0 Å². The zero-order valence-electron chi connectivity index (χ0n) is 7.31. The van der Waals surface area contributed by atoms with Crippen molar-refractivity contribution in [1.82, 2.24) is 0 Å². The normalized spacial score (nSPS) is 12.0. The van der Waals surface area contributed by atoms with Gasteiger partial charge < -0.3 is 10.5 Å². The molecule has 2 N–H and O–H groups in total. The summed E-state index contributed by atoms with van der Waals surface area (Å²) in [5.74, 6) is 0. The van der Waals surface area contributed by atoms with Crippen molar-refractivity contribution >= 4 is 0 Å². The minimum Gasteiger partial charge on any atom is -0.382 e. The molecule has 0 aromatic heterocycles. The number of rotatable bonds is 5. The first-order valence-corrected chi connectivity index (χ1v) is 3.93. The minimum atomic E-state index is -0.0307. The topological polar surface area (TPSA) is 35.2 Å². The van der Waals surface area contributed by atoms with Gasteiger partial charge in [0, 0.05) is 18.8 Å². The summed E-state index contributed by atoms with van der Waals surface area (Å²) in [6.45, 7) is 7.74. The van der Waals surface area contributed by atoms with Crippen LogP contribution in [0.2, 0.25) is 0 Å². The molecular formula is C8H19NO. The Labute approximate surface area is 63.7 Å². The van der Waals surface area contributed by atoms with Crippen molar-refractivity contribution in [1.29, 1.82) is 0 Å². The predicted octanol–water partition coefficient (Wildman–Crippen LogP) is 1.54. The molecule has 2 nitrogen and oxygen atoms in total. The van der Waals surface area contributed by atoms with Crippen LogP contribution in [0.25, 0.3) is 0 Å².